The highest BCUT2D eigenvalue weighted by Gasteiger charge is 2.10. The molecule has 0 aromatic carbocycles. The Bertz CT molecular complexity index is 287. The van der Waals surface area contributed by atoms with Gasteiger partial charge in [0.15, 0.2) is 0 Å². The molecule has 0 fully saturated rings. The lowest BCUT2D eigenvalue weighted by atomic mass is 11.2. The molecule has 0 heterocycles. The topological polar surface area (TPSA) is 121 Å². The van der Waals surface area contributed by atoms with Crippen LogP contribution in [-0.4, -0.2) is 22.8 Å². The summed E-state index contributed by atoms with van der Waals surface area (Å²) < 4.78 is 39.8. The van der Waals surface area contributed by atoms with Crippen molar-refractivity contribution in [1.29, 1.82) is 0 Å². The average molecular weight is 232 g/mol. The van der Waals surface area contributed by atoms with Gasteiger partial charge in [0.2, 0.25) is 0 Å². The van der Waals surface area contributed by atoms with Crippen molar-refractivity contribution in [2.75, 3.05) is 0 Å². The van der Waals surface area contributed by atoms with Gasteiger partial charge in [-0.3, -0.25) is 14.3 Å². The first-order valence-corrected chi connectivity index (χ1v) is 5.60. The van der Waals surface area contributed by atoms with Crippen molar-refractivity contribution in [3.05, 3.63) is 24.8 Å². The molecule has 7 nitrogen and oxygen atoms in total. The van der Waals surface area contributed by atoms with Gasteiger partial charge >= 0.3 is 7.82 Å². The number of hydrogen-bond donors (Lipinski definition) is 3. The van der Waals surface area contributed by atoms with Gasteiger partial charge in [-0.05, 0) is 0 Å². The zero-order valence-electron chi connectivity index (χ0n) is 6.40. The Morgan fingerprint density at radius 2 is 1.62 bits per heavy atom. The fourth-order valence-electron chi connectivity index (χ4n) is 0.0971. The lowest BCUT2D eigenvalue weighted by molar-refractivity contribution is 0.259. The third-order valence-electron chi connectivity index (χ3n) is 0.422. The highest BCUT2D eigenvalue weighted by atomic mass is 32.2. The van der Waals surface area contributed by atoms with E-state index in [0.717, 1.165) is 0 Å². The number of phosphoric acid groups is 1. The third kappa shape index (κ3) is 24.6. The molecule has 9 heteroatoms. The Morgan fingerprint density at radius 1 is 1.31 bits per heavy atom. The summed E-state index contributed by atoms with van der Waals surface area (Å²) in [5.74, 6) is 0. The monoisotopic (exact) mass is 232 g/mol. The summed E-state index contributed by atoms with van der Waals surface area (Å²) in [4.78, 5) is 15.7. The van der Waals surface area contributed by atoms with Crippen molar-refractivity contribution < 1.29 is 31.8 Å². The first kappa shape index (κ1) is 14.8. The summed E-state index contributed by atoms with van der Waals surface area (Å²) in [5, 5.41) is 0.465. The largest absolute Gasteiger partial charge is 0.524 e. The molecule has 3 N–H and O–H groups in total. The van der Waals surface area contributed by atoms with Crippen molar-refractivity contribution in [2.24, 2.45) is 0 Å². The van der Waals surface area contributed by atoms with Crippen LogP contribution in [0.4, 0.5) is 0 Å². The fourth-order valence-corrected chi connectivity index (χ4v) is 0.291. The summed E-state index contributed by atoms with van der Waals surface area (Å²) in [6.07, 6.45) is 0.695. The van der Waals surface area contributed by atoms with E-state index in [1.54, 1.807) is 0 Å². The van der Waals surface area contributed by atoms with E-state index in [1.807, 2.05) is 0 Å². The van der Waals surface area contributed by atoms with Crippen molar-refractivity contribution in [2.45, 2.75) is 0 Å². The molecular formula is C4H9O7PS. The maximum Gasteiger partial charge on any atom is 0.524 e. The summed E-state index contributed by atoms with van der Waals surface area (Å²) in [6.45, 7) is 5.73. The predicted octanol–water partition coefficient (Wildman–Crippen LogP) is 0.257. The van der Waals surface area contributed by atoms with Gasteiger partial charge in [-0.1, -0.05) is 13.2 Å². The summed E-state index contributed by atoms with van der Waals surface area (Å²) in [5.41, 5.74) is 0. The average Bonchev–Trinajstić information content (AvgIpc) is 1.84. The molecule has 0 aliphatic heterocycles. The second-order valence-electron chi connectivity index (χ2n) is 1.44. The van der Waals surface area contributed by atoms with E-state index in [4.69, 9.17) is 14.3 Å². The van der Waals surface area contributed by atoms with Gasteiger partial charge < -0.3 is 4.52 Å². The normalized spacial score (nSPS) is 10.7. The second-order valence-corrected chi connectivity index (χ2v) is 4.00. The van der Waals surface area contributed by atoms with Gasteiger partial charge in [0.1, 0.15) is 0 Å². The molecule has 0 aliphatic carbocycles. The highest BCUT2D eigenvalue weighted by molar-refractivity contribution is 7.88. The van der Waals surface area contributed by atoms with E-state index in [2.05, 4.69) is 17.7 Å². The van der Waals surface area contributed by atoms with Gasteiger partial charge in [0.05, 0.1) is 11.7 Å². The van der Waals surface area contributed by atoms with E-state index < -0.39 is 17.9 Å². The predicted molar refractivity (Wildman–Crippen MR) is 45.1 cm³/mol. The first-order valence-electron chi connectivity index (χ1n) is 2.57. The SMILES string of the molecule is C=COP(=O)(O)O.C=CS(=O)(=O)O. The number of rotatable bonds is 3. The minimum absolute atomic E-state index is 0.465. The van der Waals surface area contributed by atoms with Gasteiger partial charge in [-0.25, -0.2) is 4.57 Å². The van der Waals surface area contributed by atoms with Gasteiger partial charge in [0.25, 0.3) is 10.1 Å². The van der Waals surface area contributed by atoms with E-state index in [0.29, 0.717) is 11.7 Å². The molecule has 0 aromatic heterocycles. The second kappa shape index (κ2) is 5.90. The molecule has 78 valence electrons. The molecule has 0 atom stereocenters. The molecule has 0 aromatic rings. The van der Waals surface area contributed by atoms with Crippen LogP contribution in [0.2, 0.25) is 0 Å². The quantitative estimate of drug-likeness (QED) is 0.362. The van der Waals surface area contributed by atoms with Gasteiger partial charge in [-0.15, -0.1) is 0 Å². The Hall–Kier alpha value is -0.660. The van der Waals surface area contributed by atoms with E-state index >= 15 is 0 Å². The molecule has 0 saturated heterocycles. The maximum atomic E-state index is 9.63. The van der Waals surface area contributed by atoms with Crippen molar-refractivity contribution in [3.8, 4) is 0 Å². The van der Waals surface area contributed by atoms with E-state index in [9.17, 15) is 13.0 Å². The standard InChI is InChI=1S/C2H5O4P.C2H4O3S/c1-2-6-7(3,4)5;1-2-6(3,4)5/h2H,1H2,(H2,3,4,5);2H,1H2,(H,3,4,5). The lowest BCUT2D eigenvalue weighted by Crippen LogP contribution is -1.86. The molecule has 0 bridgehead atoms. The smallest absolute Gasteiger partial charge is 0.413 e. The Labute approximate surface area is 75.3 Å². The molecule has 0 amide bonds. The van der Waals surface area contributed by atoms with Crippen molar-refractivity contribution >= 4 is 17.9 Å². The van der Waals surface area contributed by atoms with Gasteiger partial charge in [0, 0.05) is 0 Å². The first-order chi connectivity index (χ1) is 5.62. The summed E-state index contributed by atoms with van der Waals surface area (Å²) in [7, 11) is -8.18. The van der Waals surface area contributed by atoms with Crippen molar-refractivity contribution in [3.63, 3.8) is 0 Å². The molecule has 13 heavy (non-hydrogen) atoms. The minimum Gasteiger partial charge on any atom is -0.413 e. The third-order valence-corrected chi connectivity index (χ3v) is 1.27. The highest BCUT2D eigenvalue weighted by Crippen LogP contribution is 2.35. The summed E-state index contributed by atoms with van der Waals surface area (Å²) >= 11 is 0. The molecule has 0 radical (unpaired) electrons. The number of phosphoric ester groups is 1. The van der Waals surface area contributed by atoms with Crippen LogP contribution in [0.5, 0.6) is 0 Å². The van der Waals surface area contributed by atoms with Crippen LogP contribution in [0, 0.1) is 0 Å². The lowest BCUT2D eigenvalue weighted by Gasteiger charge is -1.96. The van der Waals surface area contributed by atoms with Crippen LogP contribution in [-0.2, 0) is 19.2 Å². The molecule has 0 rings (SSSR count). The maximum absolute atomic E-state index is 9.63. The van der Waals surface area contributed by atoms with E-state index in [1.165, 1.54) is 0 Å². The van der Waals surface area contributed by atoms with Crippen LogP contribution in [0.3, 0.4) is 0 Å². The Kier molecular flexibility index (Phi) is 6.73. The van der Waals surface area contributed by atoms with Crippen LogP contribution in [0.15, 0.2) is 24.8 Å². The molecule has 0 aliphatic rings. The van der Waals surface area contributed by atoms with E-state index in [-0.39, 0.29) is 0 Å². The van der Waals surface area contributed by atoms with Gasteiger partial charge in [-0.2, -0.15) is 8.42 Å². The fraction of sp³-hybridized carbons (Fsp3) is 0. The molecular weight excluding hydrogens is 223 g/mol. The number of hydrogen-bond acceptors (Lipinski definition) is 4. The summed E-state index contributed by atoms with van der Waals surface area (Å²) in [6, 6.07) is 0. The Balaban J connectivity index is 0. The van der Waals surface area contributed by atoms with Crippen LogP contribution in [0.25, 0.3) is 0 Å². The van der Waals surface area contributed by atoms with Crippen LogP contribution < -0.4 is 0 Å². The van der Waals surface area contributed by atoms with Crippen molar-refractivity contribution in [1.82, 2.24) is 0 Å². The molecule has 0 unspecified atom stereocenters. The van der Waals surface area contributed by atoms with Crippen LogP contribution >= 0.6 is 7.82 Å². The molecule has 0 saturated carbocycles. The zero-order valence-corrected chi connectivity index (χ0v) is 8.11. The zero-order chi connectivity index (χ0) is 11.1. The Morgan fingerprint density at radius 3 is 1.62 bits per heavy atom. The minimum atomic E-state index is -4.28. The molecule has 0 spiro atoms. The van der Waals surface area contributed by atoms with Crippen LogP contribution in [0.1, 0.15) is 0 Å².